The van der Waals surface area contributed by atoms with Gasteiger partial charge in [0.25, 0.3) is 0 Å². The van der Waals surface area contributed by atoms with Gasteiger partial charge in [0.05, 0.1) is 0 Å². The van der Waals surface area contributed by atoms with Gasteiger partial charge in [0.2, 0.25) is 5.91 Å². The number of ether oxygens (including phenoxy) is 1. The average Bonchev–Trinajstić information content (AvgIpc) is 2.46. The minimum atomic E-state index is -0.461. The second-order valence-electron chi connectivity index (χ2n) is 7.13. The van der Waals surface area contributed by atoms with Gasteiger partial charge in [-0.05, 0) is 52.9 Å². The van der Waals surface area contributed by atoms with Crippen LogP contribution < -0.4 is 0 Å². The molecule has 21 heavy (non-hydrogen) atoms. The lowest BCUT2D eigenvalue weighted by molar-refractivity contribution is -0.138. The van der Waals surface area contributed by atoms with Crippen LogP contribution in [0.4, 0.5) is 4.79 Å². The van der Waals surface area contributed by atoms with Gasteiger partial charge in [-0.2, -0.15) is 0 Å². The van der Waals surface area contributed by atoms with Crippen molar-refractivity contribution in [3.8, 4) is 0 Å². The van der Waals surface area contributed by atoms with Gasteiger partial charge in [-0.15, -0.1) is 0 Å². The Kier molecular flexibility index (Phi) is 5.12. The number of piperidine rings is 2. The molecule has 0 aromatic carbocycles. The van der Waals surface area contributed by atoms with E-state index >= 15 is 0 Å². The van der Waals surface area contributed by atoms with E-state index in [0.29, 0.717) is 19.0 Å². The molecule has 2 fully saturated rings. The molecule has 0 unspecified atom stereocenters. The molecule has 0 bridgehead atoms. The summed E-state index contributed by atoms with van der Waals surface area (Å²) in [6.07, 6.45) is 4.75. The topological polar surface area (TPSA) is 49.9 Å². The molecule has 2 amide bonds. The lowest BCUT2D eigenvalue weighted by Gasteiger charge is -2.36. The van der Waals surface area contributed by atoms with E-state index in [9.17, 15) is 9.59 Å². The van der Waals surface area contributed by atoms with Gasteiger partial charge < -0.3 is 14.5 Å². The molecule has 0 radical (unpaired) electrons. The number of hydrogen-bond donors (Lipinski definition) is 0. The zero-order valence-electron chi connectivity index (χ0n) is 13.6. The number of carbonyl (C=O) groups excluding carboxylic acids is 2. The summed E-state index contributed by atoms with van der Waals surface area (Å²) in [7, 11) is 0. The van der Waals surface area contributed by atoms with Crippen molar-refractivity contribution in [2.24, 2.45) is 5.92 Å². The Bertz CT molecular complexity index is 375. The van der Waals surface area contributed by atoms with Crippen molar-refractivity contribution < 1.29 is 14.3 Å². The van der Waals surface area contributed by atoms with Crippen LogP contribution in [0.3, 0.4) is 0 Å². The number of likely N-dealkylation sites (tertiary alicyclic amines) is 2. The van der Waals surface area contributed by atoms with Crippen molar-refractivity contribution in [1.82, 2.24) is 9.80 Å². The summed E-state index contributed by atoms with van der Waals surface area (Å²) in [6, 6.07) is 0. The highest BCUT2D eigenvalue weighted by Crippen LogP contribution is 2.23. The minimum absolute atomic E-state index is 0.0850. The molecule has 0 spiro atoms. The van der Waals surface area contributed by atoms with Gasteiger partial charge in [0.1, 0.15) is 5.60 Å². The highest BCUT2D eigenvalue weighted by molar-refractivity contribution is 5.79. The van der Waals surface area contributed by atoms with E-state index in [0.717, 1.165) is 38.8 Å². The Morgan fingerprint density at radius 3 is 2.00 bits per heavy atom. The maximum Gasteiger partial charge on any atom is 0.410 e. The van der Waals surface area contributed by atoms with Gasteiger partial charge in [0.15, 0.2) is 0 Å². The second-order valence-corrected chi connectivity index (χ2v) is 7.13. The molecule has 2 aliphatic heterocycles. The van der Waals surface area contributed by atoms with Gasteiger partial charge in [-0.25, -0.2) is 4.79 Å². The summed E-state index contributed by atoms with van der Waals surface area (Å²) in [4.78, 5) is 28.2. The van der Waals surface area contributed by atoms with Gasteiger partial charge in [0, 0.05) is 32.1 Å². The van der Waals surface area contributed by atoms with E-state index in [1.54, 1.807) is 4.90 Å². The quantitative estimate of drug-likeness (QED) is 0.747. The summed E-state index contributed by atoms with van der Waals surface area (Å²) in [5.74, 6) is 0.375. The smallest absolute Gasteiger partial charge is 0.410 e. The zero-order chi connectivity index (χ0) is 15.5. The molecule has 2 aliphatic rings. The highest BCUT2D eigenvalue weighted by Gasteiger charge is 2.32. The number of amides is 2. The molecular weight excluding hydrogens is 268 g/mol. The summed E-state index contributed by atoms with van der Waals surface area (Å²) in [6.45, 7) is 8.68. The van der Waals surface area contributed by atoms with E-state index in [-0.39, 0.29) is 12.0 Å². The van der Waals surface area contributed by atoms with Crippen LogP contribution in [-0.4, -0.2) is 53.6 Å². The van der Waals surface area contributed by atoms with Gasteiger partial charge in [-0.3, -0.25) is 4.79 Å². The molecule has 120 valence electrons. The fourth-order valence-electron chi connectivity index (χ4n) is 3.01. The van der Waals surface area contributed by atoms with E-state index in [2.05, 4.69) is 0 Å². The Morgan fingerprint density at radius 2 is 1.48 bits per heavy atom. The number of nitrogens with zero attached hydrogens (tertiary/aromatic N) is 2. The zero-order valence-corrected chi connectivity index (χ0v) is 13.6. The summed E-state index contributed by atoms with van der Waals surface area (Å²) < 4.78 is 5.38. The number of hydrogen-bond acceptors (Lipinski definition) is 3. The van der Waals surface area contributed by atoms with Crippen LogP contribution in [0.15, 0.2) is 0 Å². The van der Waals surface area contributed by atoms with Crippen LogP contribution >= 0.6 is 0 Å². The molecule has 0 saturated carbocycles. The molecule has 0 N–H and O–H groups in total. The third-order valence-electron chi connectivity index (χ3n) is 4.16. The van der Waals surface area contributed by atoms with E-state index in [1.807, 2.05) is 25.7 Å². The first kappa shape index (κ1) is 16.1. The largest absolute Gasteiger partial charge is 0.444 e. The van der Waals surface area contributed by atoms with Crippen LogP contribution in [0, 0.1) is 5.92 Å². The van der Waals surface area contributed by atoms with Crippen LogP contribution in [0.5, 0.6) is 0 Å². The van der Waals surface area contributed by atoms with Crippen molar-refractivity contribution in [2.45, 2.75) is 58.5 Å². The Hall–Kier alpha value is -1.26. The van der Waals surface area contributed by atoms with E-state index in [1.165, 1.54) is 6.42 Å². The summed E-state index contributed by atoms with van der Waals surface area (Å²) >= 11 is 0. The van der Waals surface area contributed by atoms with Crippen molar-refractivity contribution in [1.29, 1.82) is 0 Å². The highest BCUT2D eigenvalue weighted by atomic mass is 16.6. The van der Waals surface area contributed by atoms with E-state index < -0.39 is 5.60 Å². The Labute approximate surface area is 127 Å². The monoisotopic (exact) mass is 296 g/mol. The molecule has 0 aromatic heterocycles. The summed E-state index contributed by atoms with van der Waals surface area (Å²) in [5.41, 5.74) is -0.461. The Morgan fingerprint density at radius 1 is 0.905 bits per heavy atom. The fraction of sp³-hybridized carbons (Fsp3) is 0.875. The number of rotatable bonds is 1. The van der Waals surface area contributed by atoms with Gasteiger partial charge in [-0.1, -0.05) is 0 Å². The molecule has 0 aromatic rings. The van der Waals surface area contributed by atoms with Crippen LogP contribution in [-0.2, 0) is 9.53 Å². The van der Waals surface area contributed by atoms with Crippen molar-refractivity contribution in [3.63, 3.8) is 0 Å². The maximum absolute atomic E-state index is 12.4. The maximum atomic E-state index is 12.4. The van der Waals surface area contributed by atoms with Crippen molar-refractivity contribution >= 4 is 12.0 Å². The molecular formula is C16H28N2O3. The second kappa shape index (κ2) is 6.67. The fourth-order valence-corrected chi connectivity index (χ4v) is 3.01. The molecule has 2 rings (SSSR count). The molecule has 0 aliphatic carbocycles. The van der Waals surface area contributed by atoms with Crippen LogP contribution in [0.25, 0.3) is 0 Å². The molecule has 5 heteroatoms. The number of carbonyl (C=O) groups is 2. The first-order valence-electron chi connectivity index (χ1n) is 8.13. The van der Waals surface area contributed by atoms with Crippen molar-refractivity contribution in [3.05, 3.63) is 0 Å². The minimum Gasteiger partial charge on any atom is -0.444 e. The molecule has 5 nitrogen and oxygen atoms in total. The van der Waals surface area contributed by atoms with Gasteiger partial charge >= 0.3 is 6.09 Å². The predicted octanol–water partition coefficient (Wildman–Crippen LogP) is 2.65. The first-order chi connectivity index (χ1) is 9.87. The molecule has 2 saturated heterocycles. The van der Waals surface area contributed by atoms with Crippen LogP contribution in [0.1, 0.15) is 52.9 Å². The summed E-state index contributed by atoms with van der Waals surface area (Å²) in [5, 5.41) is 0. The standard InChI is InChI=1S/C16H28N2O3/c1-16(2,3)21-15(20)18-11-7-13(8-12-18)14(19)17-9-5-4-6-10-17/h13H,4-12H2,1-3H3. The average molecular weight is 296 g/mol. The van der Waals surface area contributed by atoms with Crippen molar-refractivity contribution in [2.75, 3.05) is 26.2 Å². The first-order valence-corrected chi connectivity index (χ1v) is 8.13. The third kappa shape index (κ3) is 4.61. The molecule has 2 heterocycles. The lowest BCUT2D eigenvalue weighted by Crippen LogP contribution is -2.46. The van der Waals surface area contributed by atoms with Crippen LogP contribution in [0.2, 0.25) is 0 Å². The normalized spacial score (nSPS) is 21.3. The Balaban J connectivity index is 1.80. The molecule has 0 atom stereocenters. The third-order valence-corrected chi connectivity index (χ3v) is 4.16. The lowest BCUT2D eigenvalue weighted by atomic mass is 9.94. The SMILES string of the molecule is CC(C)(C)OC(=O)N1CCC(C(=O)N2CCCCC2)CC1. The predicted molar refractivity (Wildman–Crippen MR) is 81.0 cm³/mol. The van der Waals surface area contributed by atoms with E-state index in [4.69, 9.17) is 4.74 Å².